The molecule has 0 unspecified atom stereocenters. The van der Waals surface area contributed by atoms with Crippen LogP contribution in [0.15, 0.2) is 83.4 Å². The number of hydrogen-bond acceptors (Lipinski definition) is 5. The number of nitrogens with one attached hydrogen (secondary N) is 1. The van der Waals surface area contributed by atoms with Gasteiger partial charge in [-0.1, -0.05) is 84.0 Å². The van der Waals surface area contributed by atoms with Gasteiger partial charge in [-0.05, 0) is 54.9 Å². The number of benzene rings is 3. The summed E-state index contributed by atoms with van der Waals surface area (Å²) in [6.07, 6.45) is -0.146. The van der Waals surface area contributed by atoms with Crippen LogP contribution >= 0.6 is 0 Å². The van der Waals surface area contributed by atoms with E-state index in [1.807, 2.05) is 49.4 Å². The average molecular weight is 501 g/mol. The number of hydrogen-bond donors (Lipinski definition) is 3. The Kier molecular flexibility index (Phi) is 7.88. The van der Waals surface area contributed by atoms with Crippen LogP contribution in [0.5, 0.6) is 0 Å². The lowest BCUT2D eigenvalue weighted by atomic mass is 10.00. The Balaban J connectivity index is 0.000000747. The van der Waals surface area contributed by atoms with E-state index in [2.05, 4.69) is 46.9 Å². The average Bonchev–Trinajstić information content (AvgIpc) is 3.68. The van der Waals surface area contributed by atoms with Crippen molar-refractivity contribution in [1.82, 2.24) is 5.16 Å². The summed E-state index contributed by atoms with van der Waals surface area (Å²) >= 11 is 0. The maximum absolute atomic E-state index is 12.5. The van der Waals surface area contributed by atoms with Crippen LogP contribution in [-0.2, 0) is 4.74 Å². The Labute approximate surface area is 214 Å². The van der Waals surface area contributed by atoms with E-state index in [0.717, 1.165) is 22.6 Å². The van der Waals surface area contributed by atoms with Gasteiger partial charge in [0.1, 0.15) is 17.5 Å². The lowest BCUT2D eigenvalue weighted by molar-refractivity contribution is 0.121. The topological polar surface area (TPSA) is 122 Å². The first-order valence-electron chi connectivity index (χ1n) is 11.9. The molecule has 0 aliphatic heterocycles. The molecular weight excluding hydrogens is 472 g/mol. The van der Waals surface area contributed by atoms with Crippen molar-refractivity contribution in [3.05, 3.63) is 95.7 Å². The second-order valence-corrected chi connectivity index (χ2v) is 8.80. The fourth-order valence-electron chi connectivity index (χ4n) is 3.99. The third-order valence-corrected chi connectivity index (χ3v) is 6.09. The highest BCUT2D eigenvalue weighted by atomic mass is 16.6. The molecule has 1 heterocycles. The minimum absolute atomic E-state index is 0.375. The first-order valence-corrected chi connectivity index (χ1v) is 11.9. The molecule has 3 aromatic carbocycles. The highest BCUT2D eigenvalue weighted by molar-refractivity contribution is 5.91. The molecule has 1 fully saturated rings. The number of aryl methyl sites for hydroxylation is 1. The van der Waals surface area contributed by atoms with Crippen molar-refractivity contribution >= 4 is 17.9 Å². The summed E-state index contributed by atoms with van der Waals surface area (Å²) in [5.74, 6) is 1.28. The summed E-state index contributed by atoms with van der Waals surface area (Å²) in [4.78, 5) is 21.1. The summed E-state index contributed by atoms with van der Waals surface area (Å²) in [7, 11) is 0. The quantitative estimate of drug-likeness (QED) is 0.248. The second kappa shape index (κ2) is 11.4. The lowest BCUT2D eigenvalue weighted by Crippen LogP contribution is -2.16. The lowest BCUT2D eigenvalue weighted by Gasteiger charge is -2.14. The highest BCUT2D eigenvalue weighted by Gasteiger charge is 2.23. The zero-order valence-electron chi connectivity index (χ0n) is 20.5. The molecule has 1 saturated carbocycles. The Morgan fingerprint density at radius 3 is 2.03 bits per heavy atom. The van der Waals surface area contributed by atoms with Gasteiger partial charge >= 0.3 is 12.2 Å². The minimum atomic E-state index is -1.83. The monoisotopic (exact) mass is 500 g/mol. The van der Waals surface area contributed by atoms with Gasteiger partial charge in [-0.25, -0.2) is 9.59 Å². The maximum Gasteiger partial charge on any atom is 0.503 e. The molecule has 1 aliphatic carbocycles. The predicted molar refractivity (Wildman–Crippen MR) is 140 cm³/mol. The van der Waals surface area contributed by atoms with Crippen LogP contribution in [0.1, 0.15) is 48.7 Å². The summed E-state index contributed by atoms with van der Waals surface area (Å²) in [5, 5.41) is 20.9. The van der Waals surface area contributed by atoms with Crippen molar-refractivity contribution in [1.29, 1.82) is 0 Å². The number of nitrogens with zero attached hydrogens (tertiary/aromatic N) is 1. The minimum Gasteiger partial charge on any atom is -0.450 e. The van der Waals surface area contributed by atoms with E-state index in [0.29, 0.717) is 17.1 Å². The molecule has 190 valence electrons. The van der Waals surface area contributed by atoms with Crippen molar-refractivity contribution in [3.8, 4) is 22.4 Å². The van der Waals surface area contributed by atoms with E-state index in [4.69, 9.17) is 24.3 Å². The molecule has 1 amide bonds. The number of carboxylic acid groups (broad SMARTS) is 2. The molecule has 4 aromatic rings. The molecule has 0 spiro atoms. The van der Waals surface area contributed by atoms with Crippen molar-refractivity contribution in [2.45, 2.75) is 38.7 Å². The summed E-state index contributed by atoms with van der Waals surface area (Å²) in [6, 6.07) is 26.5. The fraction of sp³-hybridized carbons (Fsp3) is 0.207. The molecule has 1 aromatic heterocycles. The molecule has 0 bridgehead atoms. The standard InChI is InChI=1S/C28H26N2O3.CH2O3/c1-18(20-6-4-3-5-7-20)32-28(31)29-26-19(2)33-30-27(26)25-16-14-24(15-17-25)23-12-10-22(11-13-23)21-8-9-21;2-1(3)4/h3-7,10-18,21H,8-9H2,1-2H3,(H,29,31);(H2,2,3,4)/t18-;/m1./s1. The van der Waals surface area contributed by atoms with Crippen LogP contribution < -0.4 is 5.32 Å². The van der Waals surface area contributed by atoms with E-state index in [1.165, 1.54) is 24.0 Å². The van der Waals surface area contributed by atoms with Crippen LogP contribution in [0.2, 0.25) is 0 Å². The maximum atomic E-state index is 12.5. The Morgan fingerprint density at radius 1 is 0.919 bits per heavy atom. The summed E-state index contributed by atoms with van der Waals surface area (Å²) in [5.41, 5.74) is 6.62. The SMILES string of the molecule is Cc1onc(-c2ccc(-c3ccc(C4CC4)cc3)cc2)c1NC(=O)O[C@H](C)c1ccccc1.O=C(O)O. The smallest absolute Gasteiger partial charge is 0.450 e. The van der Waals surface area contributed by atoms with Gasteiger partial charge in [0.25, 0.3) is 0 Å². The van der Waals surface area contributed by atoms with Gasteiger partial charge in [-0.3, -0.25) is 5.32 Å². The first kappa shape index (κ1) is 25.5. The highest BCUT2D eigenvalue weighted by Crippen LogP contribution is 2.40. The predicted octanol–water partition coefficient (Wildman–Crippen LogP) is 7.73. The normalized spacial score (nSPS) is 13.1. The van der Waals surface area contributed by atoms with Gasteiger partial charge < -0.3 is 19.5 Å². The van der Waals surface area contributed by atoms with Crippen LogP contribution in [0.25, 0.3) is 22.4 Å². The molecule has 5 rings (SSSR count). The molecule has 3 N–H and O–H groups in total. The third kappa shape index (κ3) is 6.76. The first-order chi connectivity index (χ1) is 17.8. The number of carbonyl (C=O) groups excluding carboxylic acids is 1. The van der Waals surface area contributed by atoms with Gasteiger partial charge in [0.2, 0.25) is 0 Å². The van der Waals surface area contributed by atoms with E-state index < -0.39 is 12.2 Å². The number of aromatic nitrogens is 1. The Morgan fingerprint density at radius 2 is 1.46 bits per heavy atom. The molecule has 0 radical (unpaired) electrons. The zero-order chi connectivity index (χ0) is 26.4. The van der Waals surface area contributed by atoms with Gasteiger partial charge in [-0.2, -0.15) is 0 Å². The number of amides is 1. The molecule has 37 heavy (non-hydrogen) atoms. The molecular formula is C29H28N2O6. The van der Waals surface area contributed by atoms with Crippen LogP contribution in [0.3, 0.4) is 0 Å². The molecule has 0 saturated heterocycles. The van der Waals surface area contributed by atoms with Crippen LogP contribution in [0, 0.1) is 6.92 Å². The van der Waals surface area contributed by atoms with Crippen LogP contribution in [-0.4, -0.2) is 27.6 Å². The van der Waals surface area contributed by atoms with E-state index in [-0.39, 0.29) is 6.10 Å². The zero-order valence-corrected chi connectivity index (χ0v) is 20.5. The Bertz CT molecular complexity index is 1340. The number of ether oxygens (including phenoxy) is 1. The largest absolute Gasteiger partial charge is 0.503 e. The van der Waals surface area contributed by atoms with E-state index >= 15 is 0 Å². The number of rotatable bonds is 6. The van der Waals surface area contributed by atoms with Crippen molar-refractivity contribution in [3.63, 3.8) is 0 Å². The van der Waals surface area contributed by atoms with Gasteiger partial charge in [-0.15, -0.1) is 0 Å². The van der Waals surface area contributed by atoms with Crippen molar-refractivity contribution in [2.24, 2.45) is 0 Å². The van der Waals surface area contributed by atoms with E-state index in [1.54, 1.807) is 6.92 Å². The van der Waals surface area contributed by atoms with Gasteiger partial charge in [0.15, 0.2) is 5.76 Å². The van der Waals surface area contributed by atoms with Crippen LogP contribution in [0.4, 0.5) is 15.3 Å². The number of anilines is 1. The molecule has 8 heteroatoms. The summed E-state index contributed by atoms with van der Waals surface area (Å²) in [6.45, 7) is 3.61. The van der Waals surface area contributed by atoms with Crippen molar-refractivity contribution in [2.75, 3.05) is 5.32 Å². The Hall–Kier alpha value is -4.59. The van der Waals surface area contributed by atoms with Crippen molar-refractivity contribution < 1.29 is 29.1 Å². The molecule has 8 nitrogen and oxygen atoms in total. The third-order valence-electron chi connectivity index (χ3n) is 6.09. The molecule has 1 atom stereocenters. The van der Waals surface area contributed by atoms with E-state index in [9.17, 15) is 4.79 Å². The second-order valence-electron chi connectivity index (χ2n) is 8.80. The number of carbonyl (C=O) groups is 2. The molecule has 1 aliphatic rings. The fourth-order valence-corrected chi connectivity index (χ4v) is 3.99. The van der Waals surface area contributed by atoms with Gasteiger partial charge in [0, 0.05) is 5.56 Å². The summed E-state index contributed by atoms with van der Waals surface area (Å²) < 4.78 is 10.9. The van der Waals surface area contributed by atoms with Gasteiger partial charge in [0.05, 0.1) is 0 Å².